The Hall–Kier alpha value is -1.79. The number of nitrogens with zero attached hydrogens (tertiary/aromatic N) is 1. The average molecular weight is 334 g/mol. The summed E-state index contributed by atoms with van der Waals surface area (Å²) in [7, 11) is 0. The van der Waals surface area contributed by atoms with Crippen LogP contribution in [0.1, 0.15) is 31.7 Å². The van der Waals surface area contributed by atoms with Crippen LogP contribution in [-0.2, 0) is 21.7 Å². The van der Waals surface area contributed by atoms with Gasteiger partial charge in [0.2, 0.25) is 5.89 Å². The van der Waals surface area contributed by atoms with E-state index in [-0.39, 0.29) is 23.5 Å². The SMILES string of the molecule is CCC(C)NC(=O)C[S+]([O-])Cc1nc(-c2ccccc2)oc1C. The van der Waals surface area contributed by atoms with E-state index in [1.807, 2.05) is 44.2 Å². The van der Waals surface area contributed by atoms with Gasteiger partial charge in [0.05, 0.1) is 0 Å². The highest BCUT2D eigenvalue weighted by Crippen LogP contribution is 2.22. The Kier molecular flexibility index (Phi) is 6.24. The van der Waals surface area contributed by atoms with Crippen LogP contribution in [0.25, 0.3) is 11.5 Å². The zero-order valence-corrected chi connectivity index (χ0v) is 14.5. The Balaban J connectivity index is 1.98. The van der Waals surface area contributed by atoms with Gasteiger partial charge in [-0.25, -0.2) is 4.98 Å². The van der Waals surface area contributed by atoms with Gasteiger partial charge in [0.1, 0.15) is 11.5 Å². The number of hydrogen-bond donors (Lipinski definition) is 1. The predicted molar refractivity (Wildman–Crippen MR) is 91.3 cm³/mol. The Morgan fingerprint density at radius 3 is 2.74 bits per heavy atom. The lowest BCUT2D eigenvalue weighted by Crippen LogP contribution is -2.36. The van der Waals surface area contributed by atoms with Crippen molar-refractivity contribution in [3.8, 4) is 11.5 Å². The summed E-state index contributed by atoms with van der Waals surface area (Å²) in [5.74, 6) is 1.16. The lowest BCUT2D eigenvalue weighted by atomic mass is 10.2. The minimum Gasteiger partial charge on any atom is -0.616 e. The molecule has 0 aliphatic rings. The van der Waals surface area contributed by atoms with E-state index >= 15 is 0 Å². The third-order valence-electron chi connectivity index (χ3n) is 3.52. The van der Waals surface area contributed by atoms with Crippen molar-refractivity contribution in [1.82, 2.24) is 10.3 Å². The van der Waals surface area contributed by atoms with Gasteiger partial charge < -0.3 is 14.3 Å². The fourth-order valence-corrected chi connectivity index (χ4v) is 3.09. The maximum absolute atomic E-state index is 12.2. The molecule has 0 bridgehead atoms. The number of hydrogen-bond acceptors (Lipinski definition) is 4. The van der Waals surface area contributed by atoms with Crippen molar-refractivity contribution in [3.63, 3.8) is 0 Å². The second-order valence-corrected chi connectivity index (χ2v) is 6.95. The molecule has 0 spiro atoms. The molecule has 0 aliphatic heterocycles. The summed E-state index contributed by atoms with van der Waals surface area (Å²) < 4.78 is 17.8. The number of benzene rings is 1. The van der Waals surface area contributed by atoms with Crippen LogP contribution in [0.2, 0.25) is 0 Å². The van der Waals surface area contributed by atoms with E-state index < -0.39 is 11.2 Å². The lowest BCUT2D eigenvalue weighted by molar-refractivity contribution is -0.119. The second-order valence-electron chi connectivity index (χ2n) is 5.49. The maximum atomic E-state index is 12.2. The molecule has 0 radical (unpaired) electrons. The fourth-order valence-electron chi connectivity index (χ4n) is 2.03. The number of oxazole rings is 1. The number of nitrogens with one attached hydrogen (secondary N) is 1. The van der Waals surface area contributed by atoms with Crippen molar-refractivity contribution in [3.05, 3.63) is 41.8 Å². The predicted octanol–water partition coefficient (Wildman–Crippen LogP) is 2.81. The number of rotatable bonds is 7. The summed E-state index contributed by atoms with van der Waals surface area (Å²) in [5.41, 5.74) is 1.51. The molecule has 0 saturated carbocycles. The lowest BCUT2D eigenvalue weighted by Gasteiger charge is -2.13. The minimum absolute atomic E-state index is 0.0166. The van der Waals surface area contributed by atoms with E-state index in [1.54, 1.807) is 6.92 Å². The van der Waals surface area contributed by atoms with Crippen molar-refractivity contribution in [1.29, 1.82) is 0 Å². The van der Waals surface area contributed by atoms with Gasteiger partial charge in [0, 0.05) is 11.6 Å². The van der Waals surface area contributed by atoms with Crippen LogP contribution < -0.4 is 5.32 Å². The molecule has 0 saturated heterocycles. The van der Waals surface area contributed by atoms with Gasteiger partial charge >= 0.3 is 0 Å². The first-order valence-corrected chi connectivity index (χ1v) is 9.14. The quantitative estimate of drug-likeness (QED) is 0.790. The van der Waals surface area contributed by atoms with Gasteiger partial charge in [-0.1, -0.05) is 25.1 Å². The number of carbonyl (C=O) groups excluding carboxylic acids is 1. The summed E-state index contributed by atoms with van der Waals surface area (Å²) in [6, 6.07) is 9.65. The third kappa shape index (κ3) is 5.11. The zero-order chi connectivity index (χ0) is 16.8. The number of aryl methyl sites for hydroxylation is 1. The Bertz CT molecular complexity index is 643. The monoisotopic (exact) mass is 334 g/mol. The van der Waals surface area contributed by atoms with Crippen molar-refractivity contribution in [2.45, 2.75) is 39.0 Å². The molecule has 1 aromatic heterocycles. The van der Waals surface area contributed by atoms with Crippen LogP contribution in [0.3, 0.4) is 0 Å². The van der Waals surface area contributed by atoms with E-state index in [1.165, 1.54) is 0 Å². The van der Waals surface area contributed by atoms with Crippen LogP contribution in [0.15, 0.2) is 34.7 Å². The summed E-state index contributed by atoms with van der Waals surface area (Å²) >= 11 is -1.31. The Morgan fingerprint density at radius 2 is 2.09 bits per heavy atom. The normalized spacial score (nSPS) is 13.6. The van der Waals surface area contributed by atoms with Crippen molar-refractivity contribution in [2.24, 2.45) is 0 Å². The molecule has 2 unspecified atom stereocenters. The summed E-state index contributed by atoms with van der Waals surface area (Å²) in [6.07, 6.45) is 0.848. The molecule has 124 valence electrons. The molecule has 1 amide bonds. The molecular weight excluding hydrogens is 312 g/mol. The summed E-state index contributed by atoms with van der Waals surface area (Å²) in [5, 5.41) is 2.82. The van der Waals surface area contributed by atoms with Crippen molar-refractivity contribution in [2.75, 3.05) is 5.75 Å². The van der Waals surface area contributed by atoms with Crippen molar-refractivity contribution < 1.29 is 13.8 Å². The highest BCUT2D eigenvalue weighted by Gasteiger charge is 2.20. The molecular formula is C17H22N2O3S. The molecule has 1 heterocycles. The Morgan fingerprint density at radius 1 is 1.39 bits per heavy atom. The van der Waals surface area contributed by atoms with E-state index in [0.717, 1.165) is 12.0 Å². The van der Waals surface area contributed by atoms with Crippen LogP contribution in [-0.4, -0.2) is 27.2 Å². The Labute approximate surface area is 139 Å². The molecule has 5 nitrogen and oxygen atoms in total. The standard InChI is InChI=1S/C17H22N2O3S/c1-4-12(2)18-16(20)11-23(21)10-15-13(3)22-17(19-15)14-8-6-5-7-9-14/h5-9,12H,4,10-11H2,1-3H3,(H,18,20). The summed E-state index contributed by atoms with van der Waals surface area (Å²) in [4.78, 5) is 16.2. The molecule has 0 aliphatic carbocycles. The first-order valence-electron chi connectivity index (χ1n) is 7.65. The van der Waals surface area contributed by atoms with E-state index in [9.17, 15) is 9.35 Å². The summed E-state index contributed by atoms with van der Waals surface area (Å²) in [6.45, 7) is 5.71. The highest BCUT2D eigenvalue weighted by molar-refractivity contribution is 7.91. The number of aromatic nitrogens is 1. The molecule has 2 rings (SSSR count). The molecule has 6 heteroatoms. The van der Waals surface area contributed by atoms with Crippen LogP contribution in [0.4, 0.5) is 0 Å². The second kappa shape index (κ2) is 8.17. The van der Waals surface area contributed by atoms with Gasteiger partial charge in [-0.05, 0) is 43.6 Å². The van der Waals surface area contributed by atoms with Gasteiger partial charge in [-0.3, -0.25) is 4.79 Å². The van der Waals surface area contributed by atoms with Crippen LogP contribution in [0, 0.1) is 6.92 Å². The van der Waals surface area contributed by atoms with E-state index in [2.05, 4.69) is 10.3 Å². The molecule has 0 fully saturated rings. The number of amides is 1. The molecule has 2 atom stereocenters. The molecule has 1 aromatic carbocycles. The van der Waals surface area contributed by atoms with Crippen molar-refractivity contribution >= 4 is 17.1 Å². The first kappa shape index (κ1) is 17.6. The fraction of sp³-hybridized carbons (Fsp3) is 0.412. The van der Waals surface area contributed by atoms with Gasteiger partial charge in [-0.2, -0.15) is 0 Å². The molecule has 23 heavy (non-hydrogen) atoms. The van der Waals surface area contributed by atoms with Gasteiger partial charge in [-0.15, -0.1) is 0 Å². The van der Waals surface area contributed by atoms with Gasteiger partial charge in [0.15, 0.2) is 11.5 Å². The highest BCUT2D eigenvalue weighted by atomic mass is 32.2. The minimum atomic E-state index is -1.31. The zero-order valence-electron chi connectivity index (χ0n) is 13.7. The smallest absolute Gasteiger partial charge is 0.270 e. The maximum Gasteiger partial charge on any atom is 0.270 e. The molecule has 1 N–H and O–H groups in total. The largest absolute Gasteiger partial charge is 0.616 e. The third-order valence-corrected chi connectivity index (χ3v) is 4.70. The van der Waals surface area contributed by atoms with Crippen LogP contribution >= 0.6 is 0 Å². The molecule has 2 aromatic rings. The van der Waals surface area contributed by atoms with E-state index in [0.29, 0.717) is 17.3 Å². The van der Waals surface area contributed by atoms with Gasteiger partial charge in [0.25, 0.3) is 5.91 Å². The number of carbonyl (C=O) groups is 1. The van der Waals surface area contributed by atoms with E-state index in [4.69, 9.17) is 4.42 Å². The van der Waals surface area contributed by atoms with Crippen LogP contribution in [0.5, 0.6) is 0 Å². The average Bonchev–Trinajstić information content (AvgIpc) is 2.88. The topological polar surface area (TPSA) is 78.2 Å². The first-order chi connectivity index (χ1) is 11.0.